The normalized spacial score (nSPS) is 10.6. The van der Waals surface area contributed by atoms with Gasteiger partial charge in [0.15, 0.2) is 11.5 Å². The molecule has 8 nitrogen and oxygen atoms in total. The number of anilines is 1. The highest BCUT2D eigenvalue weighted by atomic mass is 79.9. The summed E-state index contributed by atoms with van der Waals surface area (Å²) in [7, 11) is 1.48. The number of rotatable bonds is 6. The van der Waals surface area contributed by atoms with Crippen molar-refractivity contribution in [2.45, 2.75) is 20.5 Å². The highest BCUT2D eigenvalue weighted by molar-refractivity contribution is 9.10. The van der Waals surface area contributed by atoms with E-state index in [1.807, 2.05) is 13.8 Å². The second-order valence-electron chi connectivity index (χ2n) is 5.97. The third kappa shape index (κ3) is 4.25. The predicted octanol–water partition coefficient (Wildman–Crippen LogP) is 3.58. The van der Waals surface area contributed by atoms with E-state index in [2.05, 4.69) is 31.4 Å². The van der Waals surface area contributed by atoms with Crippen LogP contribution in [0.15, 0.2) is 44.3 Å². The molecule has 2 aromatic heterocycles. The lowest BCUT2D eigenvalue weighted by Gasteiger charge is -2.12. The number of H-pyrrole nitrogens is 1. The Morgan fingerprint density at radius 1 is 1.29 bits per heavy atom. The zero-order chi connectivity index (χ0) is 20.3. The van der Waals surface area contributed by atoms with E-state index >= 15 is 0 Å². The summed E-state index contributed by atoms with van der Waals surface area (Å²) in [5, 5.41) is 6.47. The van der Waals surface area contributed by atoms with Crippen LogP contribution in [0.25, 0.3) is 0 Å². The summed E-state index contributed by atoms with van der Waals surface area (Å²) in [6, 6.07) is 6.29. The van der Waals surface area contributed by atoms with Crippen LogP contribution in [-0.4, -0.2) is 23.2 Å². The minimum atomic E-state index is -0.445. The van der Waals surface area contributed by atoms with Gasteiger partial charge < -0.3 is 24.3 Å². The molecule has 2 heterocycles. The van der Waals surface area contributed by atoms with Crippen LogP contribution in [0, 0.1) is 13.8 Å². The lowest BCUT2D eigenvalue weighted by molar-refractivity contribution is 0.102. The number of hydrogen-bond acceptors (Lipinski definition) is 6. The number of ether oxygens (including phenoxy) is 2. The molecule has 1 aromatic carbocycles. The monoisotopic (exact) mass is 447 g/mol. The van der Waals surface area contributed by atoms with Crippen LogP contribution < -0.4 is 20.3 Å². The molecule has 3 rings (SSSR count). The summed E-state index contributed by atoms with van der Waals surface area (Å²) in [6.07, 6.45) is 1.49. The third-order valence-electron chi connectivity index (χ3n) is 4.10. The number of carbonyl (C=O) groups excluding carboxylic acids is 1. The fourth-order valence-corrected chi connectivity index (χ4v) is 2.87. The number of halogens is 1. The first-order valence-corrected chi connectivity index (χ1v) is 9.10. The Bertz CT molecular complexity index is 1050. The second kappa shape index (κ2) is 8.30. The molecule has 0 aliphatic rings. The summed E-state index contributed by atoms with van der Waals surface area (Å²) in [4.78, 5) is 26.8. The van der Waals surface area contributed by atoms with Crippen LogP contribution >= 0.6 is 15.9 Å². The van der Waals surface area contributed by atoms with Crippen LogP contribution in [0.2, 0.25) is 0 Å². The number of benzene rings is 1. The maximum absolute atomic E-state index is 12.5. The van der Waals surface area contributed by atoms with E-state index in [0.29, 0.717) is 27.3 Å². The standard InChI is InChI=1S/C19H18BrN3O5/c1-10-14(11(2)28-23-10)9-27-16-5-4-12(6-17(16)26-3)18(24)22-15-7-13(20)8-21-19(15)25/h4-8H,9H2,1-3H3,(H,21,25)(H,22,24). The van der Waals surface area contributed by atoms with Crippen LogP contribution in [0.5, 0.6) is 11.5 Å². The molecule has 0 saturated carbocycles. The maximum atomic E-state index is 12.5. The molecule has 9 heteroatoms. The Kier molecular flexibility index (Phi) is 5.84. The van der Waals surface area contributed by atoms with Crippen molar-refractivity contribution in [2.24, 2.45) is 0 Å². The number of aryl methyl sites for hydroxylation is 2. The molecule has 0 unspecified atom stereocenters. The molecule has 146 valence electrons. The van der Waals surface area contributed by atoms with Gasteiger partial charge in [-0.1, -0.05) is 5.16 Å². The van der Waals surface area contributed by atoms with Gasteiger partial charge in [-0.3, -0.25) is 9.59 Å². The Balaban J connectivity index is 1.77. The molecule has 3 aromatic rings. The summed E-state index contributed by atoms with van der Waals surface area (Å²) in [5.74, 6) is 1.10. The van der Waals surface area contributed by atoms with Gasteiger partial charge in [-0.05, 0) is 54.0 Å². The Morgan fingerprint density at radius 3 is 2.75 bits per heavy atom. The molecule has 0 radical (unpaired) electrons. The van der Waals surface area contributed by atoms with E-state index < -0.39 is 11.5 Å². The minimum absolute atomic E-state index is 0.136. The largest absolute Gasteiger partial charge is 0.493 e. The minimum Gasteiger partial charge on any atom is -0.493 e. The van der Waals surface area contributed by atoms with E-state index in [0.717, 1.165) is 11.3 Å². The van der Waals surface area contributed by atoms with Gasteiger partial charge in [-0.2, -0.15) is 0 Å². The van der Waals surface area contributed by atoms with Gasteiger partial charge in [0.1, 0.15) is 18.1 Å². The van der Waals surface area contributed by atoms with Gasteiger partial charge in [0.2, 0.25) is 0 Å². The van der Waals surface area contributed by atoms with Crippen molar-refractivity contribution >= 4 is 27.5 Å². The van der Waals surface area contributed by atoms with Crippen molar-refractivity contribution in [2.75, 3.05) is 12.4 Å². The third-order valence-corrected chi connectivity index (χ3v) is 4.55. The number of methoxy groups -OCH3 is 1. The van der Waals surface area contributed by atoms with Crippen molar-refractivity contribution < 1.29 is 18.8 Å². The Hall–Kier alpha value is -3.07. The first-order chi connectivity index (χ1) is 13.4. The molecule has 0 spiro atoms. The number of amides is 1. The molecule has 2 N–H and O–H groups in total. The van der Waals surface area contributed by atoms with Crippen LogP contribution in [0.4, 0.5) is 5.69 Å². The number of nitrogens with zero attached hydrogens (tertiary/aromatic N) is 1. The average Bonchev–Trinajstić information content (AvgIpc) is 3.00. The summed E-state index contributed by atoms with van der Waals surface area (Å²) in [5.41, 5.74) is 1.67. The van der Waals surface area contributed by atoms with Gasteiger partial charge in [0.25, 0.3) is 11.5 Å². The van der Waals surface area contributed by atoms with Gasteiger partial charge in [0, 0.05) is 16.2 Å². The molecule has 0 fully saturated rings. The van der Waals surface area contributed by atoms with Crippen molar-refractivity contribution in [3.05, 3.63) is 67.9 Å². The van der Waals surface area contributed by atoms with Crippen molar-refractivity contribution in [1.82, 2.24) is 10.1 Å². The highest BCUT2D eigenvalue weighted by Gasteiger charge is 2.15. The van der Waals surface area contributed by atoms with Crippen LogP contribution in [-0.2, 0) is 6.61 Å². The first kappa shape index (κ1) is 19.7. The van der Waals surface area contributed by atoms with E-state index in [-0.39, 0.29) is 12.3 Å². The molecule has 0 atom stereocenters. The fourth-order valence-electron chi connectivity index (χ4n) is 2.53. The zero-order valence-electron chi connectivity index (χ0n) is 15.5. The van der Waals surface area contributed by atoms with Gasteiger partial charge in [-0.15, -0.1) is 0 Å². The number of nitrogens with one attached hydrogen (secondary N) is 2. The van der Waals surface area contributed by atoms with Crippen LogP contribution in [0.3, 0.4) is 0 Å². The second-order valence-corrected chi connectivity index (χ2v) is 6.89. The maximum Gasteiger partial charge on any atom is 0.271 e. The topological polar surface area (TPSA) is 106 Å². The van der Waals surface area contributed by atoms with Crippen molar-refractivity contribution in [3.63, 3.8) is 0 Å². The van der Waals surface area contributed by atoms with E-state index in [9.17, 15) is 9.59 Å². The molecule has 1 amide bonds. The first-order valence-electron chi connectivity index (χ1n) is 8.31. The smallest absolute Gasteiger partial charge is 0.271 e. The zero-order valence-corrected chi connectivity index (χ0v) is 17.0. The molecule has 0 aliphatic carbocycles. The number of hydrogen-bond donors (Lipinski definition) is 2. The van der Waals surface area contributed by atoms with E-state index in [1.165, 1.54) is 19.4 Å². The predicted molar refractivity (Wildman–Crippen MR) is 106 cm³/mol. The molecule has 0 aliphatic heterocycles. The Morgan fingerprint density at radius 2 is 2.07 bits per heavy atom. The highest BCUT2D eigenvalue weighted by Crippen LogP contribution is 2.29. The molecule has 0 saturated heterocycles. The van der Waals surface area contributed by atoms with Gasteiger partial charge >= 0.3 is 0 Å². The molecule has 28 heavy (non-hydrogen) atoms. The van der Waals surface area contributed by atoms with Gasteiger partial charge in [0.05, 0.1) is 18.4 Å². The van der Waals surface area contributed by atoms with Crippen molar-refractivity contribution in [3.8, 4) is 11.5 Å². The van der Waals surface area contributed by atoms with Crippen molar-refractivity contribution in [1.29, 1.82) is 0 Å². The van der Waals surface area contributed by atoms with E-state index in [1.54, 1.807) is 18.2 Å². The molecular weight excluding hydrogens is 430 g/mol. The quantitative estimate of drug-likeness (QED) is 0.597. The van der Waals surface area contributed by atoms with Crippen LogP contribution in [0.1, 0.15) is 27.4 Å². The lowest BCUT2D eigenvalue weighted by atomic mass is 10.1. The average molecular weight is 448 g/mol. The number of carbonyl (C=O) groups is 1. The van der Waals surface area contributed by atoms with Gasteiger partial charge in [-0.25, -0.2) is 0 Å². The lowest BCUT2D eigenvalue weighted by Crippen LogP contribution is -2.19. The molecule has 0 bridgehead atoms. The summed E-state index contributed by atoms with van der Waals surface area (Å²) in [6.45, 7) is 3.91. The number of aromatic nitrogens is 2. The molecular formula is C19H18BrN3O5. The summed E-state index contributed by atoms with van der Waals surface area (Å²) < 4.78 is 16.9. The summed E-state index contributed by atoms with van der Waals surface area (Å²) >= 11 is 3.25. The SMILES string of the molecule is COc1cc(C(=O)Nc2cc(Br)c[nH]c2=O)ccc1OCc1c(C)noc1C. The number of pyridine rings is 1. The number of aromatic amines is 1. The fraction of sp³-hybridized carbons (Fsp3) is 0.211. The Labute approximate surface area is 169 Å². The van der Waals surface area contributed by atoms with E-state index in [4.69, 9.17) is 14.0 Å².